The first-order chi connectivity index (χ1) is 16.6. The molecule has 4 rings (SSSR count). The Hall–Kier alpha value is -2.69. The second-order valence-electron chi connectivity index (χ2n) is 10.9. The van der Waals surface area contributed by atoms with E-state index in [1.54, 1.807) is 24.3 Å². The Bertz CT molecular complexity index is 1100. The Morgan fingerprint density at radius 3 is 2.40 bits per heavy atom. The van der Waals surface area contributed by atoms with E-state index < -0.39 is 0 Å². The molecule has 1 aliphatic heterocycles. The smallest absolute Gasteiger partial charge is 0.205 e. The summed E-state index contributed by atoms with van der Waals surface area (Å²) in [6, 6.07) is 8.77. The summed E-state index contributed by atoms with van der Waals surface area (Å²) in [5.74, 6) is 1.85. The van der Waals surface area contributed by atoms with Crippen molar-refractivity contribution in [2.75, 3.05) is 24.6 Å². The van der Waals surface area contributed by atoms with Gasteiger partial charge in [0.25, 0.3) is 0 Å². The minimum atomic E-state index is -0.242. The summed E-state index contributed by atoms with van der Waals surface area (Å²) in [4.78, 5) is 18.7. The van der Waals surface area contributed by atoms with Gasteiger partial charge in [0.05, 0.1) is 11.6 Å². The van der Waals surface area contributed by atoms with Gasteiger partial charge in [-0.1, -0.05) is 45.4 Å². The quantitative estimate of drug-likeness (QED) is 0.397. The van der Waals surface area contributed by atoms with Crippen molar-refractivity contribution >= 4 is 28.9 Å². The van der Waals surface area contributed by atoms with Gasteiger partial charge >= 0.3 is 0 Å². The van der Waals surface area contributed by atoms with Gasteiger partial charge in [0, 0.05) is 36.9 Å². The molecule has 0 atom stereocenters. The molecule has 0 unspecified atom stereocenters. The number of Topliss-reactive ketones (excluding diaryl/α,β-unsaturated/α-hetero) is 1. The van der Waals surface area contributed by atoms with Gasteiger partial charge in [-0.3, -0.25) is 4.79 Å². The minimum Gasteiger partial charge on any atom is -0.489 e. The van der Waals surface area contributed by atoms with Gasteiger partial charge in [0.1, 0.15) is 17.5 Å². The summed E-state index contributed by atoms with van der Waals surface area (Å²) in [6.45, 7) is 17.6. The van der Waals surface area contributed by atoms with Crippen LogP contribution in [0.4, 0.5) is 11.5 Å². The van der Waals surface area contributed by atoms with E-state index in [2.05, 4.69) is 47.6 Å². The van der Waals surface area contributed by atoms with E-state index in [9.17, 15) is 9.90 Å². The standard InChI is InChI=1S/C27H33ClN4O3/c1-26(2)23(27(3,4)25(26)35-18-6-7-20(29-5)19(28)14-18)15-22(34)21-8-9-24(31-30-21)32-12-10-17(16-33)11-13-32/h6-9,14,17,23,25,33H,10-13,15-16H2,1-4H3. The van der Waals surface area contributed by atoms with Gasteiger partial charge in [-0.15, -0.1) is 10.2 Å². The number of ketones is 1. The zero-order chi connectivity index (χ0) is 25.4. The van der Waals surface area contributed by atoms with Crippen LogP contribution in [0.2, 0.25) is 5.02 Å². The normalized spacial score (nSPS) is 23.3. The lowest BCUT2D eigenvalue weighted by molar-refractivity contribution is -0.196. The third-order valence-corrected chi connectivity index (χ3v) is 8.27. The number of aliphatic hydroxyl groups is 1. The predicted octanol–water partition coefficient (Wildman–Crippen LogP) is 5.59. The monoisotopic (exact) mass is 496 g/mol. The average Bonchev–Trinajstić information content (AvgIpc) is 2.85. The molecule has 1 N–H and O–H groups in total. The van der Waals surface area contributed by atoms with Crippen LogP contribution in [0.15, 0.2) is 30.3 Å². The van der Waals surface area contributed by atoms with Gasteiger partial charge in [-0.05, 0) is 48.9 Å². The van der Waals surface area contributed by atoms with Crippen LogP contribution in [0.25, 0.3) is 4.85 Å². The number of ether oxygens (including phenoxy) is 1. The first-order valence-corrected chi connectivity index (χ1v) is 12.5. The topological polar surface area (TPSA) is 79.9 Å². The third-order valence-electron chi connectivity index (χ3n) is 7.96. The van der Waals surface area contributed by atoms with Gasteiger partial charge in [0.15, 0.2) is 11.6 Å². The fourth-order valence-electron chi connectivity index (χ4n) is 6.08. The highest BCUT2D eigenvalue weighted by Crippen LogP contribution is 2.61. The van der Waals surface area contributed by atoms with E-state index in [-0.39, 0.29) is 35.2 Å². The molecule has 2 fully saturated rings. The van der Waals surface area contributed by atoms with E-state index in [0.717, 1.165) is 31.7 Å². The van der Waals surface area contributed by atoms with Gasteiger partial charge in [0.2, 0.25) is 5.69 Å². The first-order valence-electron chi connectivity index (χ1n) is 12.1. The van der Waals surface area contributed by atoms with Crippen LogP contribution in [0, 0.1) is 29.2 Å². The third kappa shape index (κ3) is 4.87. The fraction of sp³-hybridized carbons (Fsp3) is 0.556. The summed E-state index contributed by atoms with van der Waals surface area (Å²) in [7, 11) is 0. The molecule has 2 aromatic rings. The molecule has 2 aliphatic rings. The van der Waals surface area contributed by atoms with Crippen molar-refractivity contribution in [3.63, 3.8) is 0 Å². The van der Waals surface area contributed by atoms with E-state index in [1.165, 1.54) is 0 Å². The molecule has 0 spiro atoms. The lowest BCUT2D eigenvalue weighted by Gasteiger charge is -2.63. The minimum absolute atomic E-state index is 0.0166. The Balaban J connectivity index is 1.40. The Morgan fingerprint density at radius 2 is 1.86 bits per heavy atom. The van der Waals surface area contributed by atoms with Crippen molar-refractivity contribution in [3.8, 4) is 5.75 Å². The van der Waals surface area contributed by atoms with E-state index >= 15 is 0 Å². The predicted molar refractivity (Wildman–Crippen MR) is 136 cm³/mol. The van der Waals surface area contributed by atoms with Crippen LogP contribution in [-0.2, 0) is 0 Å². The highest BCUT2D eigenvalue weighted by atomic mass is 35.5. The molecule has 1 aromatic heterocycles. The highest BCUT2D eigenvalue weighted by Gasteiger charge is 2.63. The van der Waals surface area contributed by atoms with Crippen molar-refractivity contribution in [1.29, 1.82) is 0 Å². The molecule has 7 nitrogen and oxygen atoms in total. The molecular formula is C27H33ClN4O3. The number of hydrogen-bond acceptors (Lipinski definition) is 6. The molecular weight excluding hydrogens is 464 g/mol. The molecule has 0 radical (unpaired) electrons. The van der Waals surface area contributed by atoms with Gasteiger partial charge in [-0.2, -0.15) is 0 Å². The molecule has 2 heterocycles. The molecule has 186 valence electrons. The number of carbonyl (C=O) groups is 1. The number of aliphatic hydroxyl groups excluding tert-OH is 1. The summed E-state index contributed by atoms with van der Waals surface area (Å²) in [5, 5.41) is 18.3. The molecule has 1 aliphatic carbocycles. The molecule has 1 saturated carbocycles. The van der Waals surface area contributed by atoms with Crippen molar-refractivity contribution in [2.24, 2.45) is 22.7 Å². The lowest BCUT2D eigenvalue weighted by atomic mass is 9.44. The zero-order valence-corrected chi connectivity index (χ0v) is 21.5. The summed E-state index contributed by atoms with van der Waals surface area (Å²) < 4.78 is 6.33. The summed E-state index contributed by atoms with van der Waals surface area (Å²) in [6.07, 6.45) is 2.12. The maximum atomic E-state index is 13.1. The van der Waals surface area contributed by atoms with Crippen molar-refractivity contribution in [1.82, 2.24) is 10.2 Å². The SMILES string of the molecule is [C-]#[N+]c1ccc(OC2C(C)(C)C(CC(=O)c3ccc(N4CCC(CO)CC4)nn3)C2(C)C)cc1Cl. The molecule has 1 aromatic carbocycles. The number of aromatic nitrogens is 2. The number of rotatable bonds is 7. The number of halogens is 1. The number of anilines is 1. The number of nitrogens with zero attached hydrogens (tertiary/aromatic N) is 4. The van der Waals surface area contributed by atoms with Gasteiger partial charge in [-0.25, -0.2) is 4.85 Å². The van der Waals surface area contributed by atoms with Crippen LogP contribution in [0.1, 0.15) is 57.4 Å². The highest BCUT2D eigenvalue weighted by molar-refractivity contribution is 6.33. The fourth-order valence-corrected chi connectivity index (χ4v) is 6.29. The Kier molecular flexibility index (Phi) is 7.08. The number of benzene rings is 1. The Labute approximate surface area is 212 Å². The largest absolute Gasteiger partial charge is 0.489 e. The molecule has 8 heteroatoms. The van der Waals surface area contributed by atoms with E-state index in [4.69, 9.17) is 22.9 Å². The number of hydrogen-bond donors (Lipinski definition) is 1. The molecule has 0 bridgehead atoms. The molecule has 1 saturated heterocycles. The van der Waals surface area contributed by atoms with Crippen LogP contribution in [0.5, 0.6) is 5.75 Å². The Morgan fingerprint density at radius 1 is 1.17 bits per heavy atom. The number of carbonyl (C=O) groups excluding carboxylic acids is 1. The van der Waals surface area contributed by atoms with Crippen molar-refractivity contribution < 1.29 is 14.6 Å². The van der Waals surface area contributed by atoms with Crippen molar-refractivity contribution in [2.45, 2.75) is 53.1 Å². The van der Waals surface area contributed by atoms with Crippen LogP contribution in [0.3, 0.4) is 0 Å². The maximum absolute atomic E-state index is 13.1. The van der Waals surface area contributed by atoms with Gasteiger partial charge < -0.3 is 14.7 Å². The molecule has 35 heavy (non-hydrogen) atoms. The summed E-state index contributed by atoms with van der Waals surface area (Å²) in [5.41, 5.74) is 0.302. The second-order valence-corrected chi connectivity index (χ2v) is 11.3. The lowest BCUT2D eigenvalue weighted by Crippen LogP contribution is -2.66. The van der Waals surface area contributed by atoms with Crippen LogP contribution in [-0.4, -0.2) is 46.9 Å². The average molecular weight is 497 g/mol. The summed E-state index contributed by atoms with van der Waals surface area (Å²) >= 11 is 6.19. The van der Waals surface area contributed by atoms with Crippen LogP contribution >= 0.6 is 11.6 Å². The molecule has 0 amide bonds. The number of piperidine rings is 1. The van der Waals surface area contributed by atoms with E-state index in [1.807, 2.05) is 6.07 Å². The van der Waals surface area contributed by atoms with E-state index in [0.29, 0.717) is 34.5 Å². The zero-order valence-electron chi connectivity index (χ0n) is 20.8. The van der Waals surface area contributed by atoms with Crippen molar-refractivity contribution in [3.05, 3.63) is 52.5 Å². The second kappa shape index (κ2) is 9.75. The van der Waals surface area contributed by atoms with Crippen LogP contribution < -0.4 is 9.64 Å². The maximum Gasteiger partial charge on any atom is 0.205 e. The first kappa shape index (κ1) is 25.4.